The van der Waals surface area contributed by atoms with Crippen LogP contribution in [0.4, 0.5) is 5.69 Å². The summed E-state index contributed by atoms with van der Waals surface area (Å²) in [6.07, 6.45) is 4.07. The van der Waals surface area contributed by atoms with Crippen molar-refractivity contribution in [3.63, 3.8) is 0 Å². The number of nitrogens with two attached hydrogens (primary N) is 1. The van der Waals surface area contributed by atoms with Crippen LogP contribution in [-0.4, -0.2) is 14.8 Å². The van der Waals surface area contributed by atoms with Gasteiger partial charge in [-0.2, -0.15) is 0 Å². The molecule has 3 rings (SSSR count). The maximum Gasteiger partial charge on any atom is 0.143 e. The van der Waals surface area contributed by atoms with Crippen LogP contribution < -0.4 is 5.73 Å². The Morgan fingerprint density at radius 2 is 2.21 bits per heavy atom. The van der Waals surface area contributed by atoms with Crippen LogP contribution in [0.15, 0.2) is 30.6 Å². The topological polar surface area (TPSA) is 56.7 Å². The fraction of sp³-hybridized carbons (Fsp3) is 0.467. The van der Waals surface area contributed by atoms with Crippen molar-refractivity contribution >= 4 is 5.69 Å². The van der Waals surface area contributed by atoms with E-state index in [0.29, 0.717) is 0 Å². The highest BCUT2D eigenvalue weighted by Gasteiger charge is 2.48. The molecule has 2 aromatic rings. The van der Waals surface area contributed by atoms with Crippen molar-refractivity contribution in [3.05, 3.63) is 42.0 Å². The summed E-state index contributed by atoms with van der Waals surface area (Å²) in [7, 11) is 0. The molecule has 1 aliphatic carbocycles. The van der Waals surface area contributed by atoms with Crippen molar-refractivity contribution in [1.29, 1.82) is 0 Å². The Kier molecular flexibility index (Phi) is 2.81. The molecule has 0 aliphatic heterocycles. The number of hydrogen-bond acceptors (Lipinski definition) is 3. The van der Waals surface area contributed by atoms with Gasteiger partial charge < -0.3 is 10.3 Å². The highest BCUT2D eigenvalue weighted by Crippen LogP contribution is 2.51. The van der Waals surface area contributed by atoms with Crippen LogP contribution in [0.2, 0.25) is 0 Å². The lowest BCUT2D eigenvalue weighted by Gasteiger charge is -2.46. The average molecular weight is 256 g/mol. The van der Waals surface area contributed by atoms with E-state index < -0.39 is 0 Å². The molecule has 0 amide bonds. The number of nitrogens with zero attached hydrogens (tertiary/aromatic N) is 3. The van der Waals surface area contributed by atoms with Gasteiger partial charge in [0.15, 0.2) is 0 Å². The van der Waals surface area contributed by atoms with Crippen LogP contribution in [0.25, 0.3) is 0 Å². The highest BCUT2D eigenvalue weighted by molar-refractivity contribution is 5.47. The Bertz CT molecular complexity index is 581. The first kappa shape index (κ1) is 12.2. The molecule has 0 saturated heterocycles. The van der Waals surface area contributed by atoms with E-state index >= 15 is 0 Å². The van der Waals surface area contributed by atoms with Crippen molar-refractivity contribution in [2.45, 2.75) is 38.6 Å². The van der Waals surface area contributed by atoms with E-state index in [0.717, 1.165) is 36.8 Å². The summed E-state index contributed by atoms with van der Waals surface area (Å²) in [5.41, 5.74) is 8.04. The van der Waals surface area contributed by atoms with Crippen LogP contribution in [-0.2, 0) is 12.0 Å². The predicted molar refractivity (Wildman–Crippen MR) is 75.7 cm³/mol. The first-order valence-corrected chi connectivity index (χ1v) is 6.90. The summed E-state index contributed by atoms with van der Waals surface area (Å²) in [5, 5.41) is 8.49. The van der Waals surface area contributed by atoms with Crippen LogP contribution in [0, 0.1) is 5.92 Å². The minimum Gasteiger partial charge on any atom is -0.399 e. The van der Waals surface area contributed by atoms with Crippen LogP contribution in [0.5, 0.6) is 0 Å². The third-order valence-electron chi connectivity index (χ3n) is 4.22. The van der Waals surface area contributed by atoms with E-state index in [-0.39, 0.29) is 5.41 Å². The summed E-state index contributed by atoms with van der Waals surface area (Å²) in [6.45, 7) is 5.32. The van der Waals surface area contributed by atoms with E-state index in [1.807, 2.05) is 18.5 Å². The molecular formula is C15H20N4. The fourth-order valence-corrected chi connectivity index (χ4v) is 3.37. The van der Waals surface area contributed by atoms with Gasteiger partial charge in [-0.1, -0.05) is 19.1 Å². The number of aryl methyl sites for hydroxylation is 1. The Hall–Kier alpha value is -1.84. The van der Waals surface area contributed by atoms with Gasteiger partial charge in [0.25, 0.3) is 0 Å². The zero-order valence-corrected chi connectivity index (χ0v) is 11.5. The van der Waals surface area contributed by atoms with Crippen molar-refractivity contribution in [1.82, 2.24) is 14.8 Å². The lowest BCUT2D eigenvalue weighted by atomic mass is 9.58. The molecule has 1 heterocycles. The number of anilines is 1. The second kappa shape index (κ2) is 4.37. The molecule has 0 atom stereocenters. The average Bonchev–Trinajstić information content (AvgIpc) is 2.83. The van der Waals surface area contributed by atoms with E-state index in [4.69, 9.17) is 5.73 Å². The minimum absolute atomic E-state index is 0.00130. The van der Waals surface area contributed by atoms with Gasteiger partial charge >= 0.3 is 0 Å². The van der Waals surface area contributed by atoms with Gasteiger partial charge in [-0.25, -0.2) is 0 Å². The number of nitrogen functional groups attached to an aromatic ring is 1. The van der Waals surface area contributed by atoms with Gasteiger partial charge in [0.05, 0.1) is 5.41 Å². The predicted octanol–water partition coefficient (Wildman–Crippen LogP) is 2.60. The Labute approximate surface area is 113 Å². The monoisotopic (exact) mass is 256 g/mol. The van der Waals surface area contributed by atoms with Gasteiger partial charge in [0, 0.05) is 12.2 Å². The SMILES string of the molecule is CCn1cnnc1C1(c2cccc(N)c2)CC(C)C1. The molecule has 1 aromatic carbocycles. The Morgan fingerprint density at radius 3 is 2.84 bits per heavy atom. The maximum absolute atomic E-state index is 5.95. The standard InChI is InChI=1S/C15H20N4/c1-3-19-10-17-18-14(19)15(8-11(2)9-15)12-5-4-6-13(16)7-12/h4-7,10-11H,3,8-9,16H2,1-2H3. The maximum atomic E-state index is 5.95. The Morgan fingerprint density at radius 1 is 1.42 bits per heavy atom. The number of hydrogen-bond donors (Lipinski definition) is 1. The number of aromatic nitrogens is 3. The second-order valence-corrected chi connectivity index (χ2v) is 5.66. The summed E-state index contributed by atoms with van der Waals surface area (Å²) in [4.78, 5) is 0. The van der Waals surface area contributed by atoms with Crippen molar-refractivity contribution in [2.24, 2.45) is 5.92 Å². The molecule has 1 aromatic heterocycles. The fourth-order valence-electron chi connectivity index (χ4n) is 3.37. The van der Waals surface area contributed by atoms with E-state index in [1.54, 1.807) is 0 Å². The molecule has 2 N–H and O–H groups in total. The van der Waals surface area contributed by atoms with Gasteiger partial charge in [-0.05, 0) is 43.4 Å². The summed E-state index contributed by atoms with van der Waals surface area (Å²) >= 11 is 0. The summed E-state index contributed by atoms with van der Waals surface area (Å²) in [5.74, 6) is 1.81. The third-order valence-corrected chi connectivity index (χ3v) is 4.22. The largest absolute Gasteiger partial charge is 0.399 e. The number of rotatable bonds is 3. The first-order chi connectivity index (χ1) is 9.15. The first-order valence-electron chi connectivity index (χ1n) is 6.90. The van der Waals surface area contributed by atoms with Crippen molar-refractivity contribution < 1.29 is 0 Å². The van der Waals surface area contributed by atoms with Crippen LogP contribution in [0.3, 0.4) is 0 Å². The molecular weight excluding hydrogens is 236 g/mol. The quantitative estimate of drug-likeness (QED) is 0.859. The molecule has 4 nitrogen and oxygen atoms in total. The molecule has 0 spiro atoms. The van der Waals surface area contributed by atoms with Gasteiger partial charge in [0.2, 0.25) is 0 Å². The third kappa shape index (κ3) is 1.82. The van der Waals surface area contributed by atoms with E-state index in [9.17, 15) is 0 Å². The second-order valence-electron chi connectivity index (χ2n) is 5.66. The zero-order valence-electron chi connectivity index (χ0n) is 11.5. The zero-order chi connectivity index (χ0) is 13.5. The minimum atomic E-state index is 0.00130. The summed E-state index contributed by atoms with van der Waals surface area (Å²) < 4.78 is 2.15. The Balaban J connectivity index is 2.10. The van der Waals surface area contributed by atoms with Crippen LogP contribution in [0.1, 0.15) is 38.1 Å². The molecule has 4 heteroatoms. The molecule has 1 fully saturated rings. The number of benzene rings is 1. The molecule has 1 saturated carbocycles. The molecule has 0 radical (unpaired) electrons. The van der Waals surface area contributed by atoms with Crippen molar-refractivity contribution in [2.75, 3.05) is 5.73 Å². The molecule has 0 bridgehead atoms. The molecule has 100 valence electrons. The highest BCUT2D eigenvalue weighted by atomic mass is 15.3. The van der Waals surface area contributed by atoms with Gasteiger partial charge in [-0.15, -0.1) is 10.2 Å². The smallest absolute Gasteiger partial charge is 0.143 e. The van der Waals surface area contributed by atoms with Crippen LogP contribution >= 0.6 is 0 Å². The van der Waals surface area contributed by atoms with Crippen molar-refractivity contribution in [3.8, 4) is 0 Å². The summed E-state index contributed by atoms with van der Waals surface area (Å²) in [6, 6.07) is 8.21. The molecule has 0 unspecified atom stereocenters. The normalized spacial score (nSPS) is 26.1. The lowest BCUT2D eigenvalue weighted by molar-refractivity contribution is 0.184. The van der Waals surface area contributed by atoms with Gasteiger partial charge in [-0.3, -0.25) is 0 Å². The molecule has 19 heavy (non-hydrogen) atoms. The van der Waals surface area contributed by atoms with E-state index in [2.05, 4.69) is 40.7 Å². The van der Waals surface area contributed by atoms with E-state index in [1.165, 1.54) is 5.56 Å². The lowest BCUT2D eigenvalue weighted by Crippen LogP contribution is -2.43. The molecule has 1 aliphatic rings. The van der Waals surface area contributed by atoms with Gasteiger partial charge in [0.1, 0.15) is 12.2 Å².